The molecule has 0 heterocycles. The number of rotatable bonds is 6. The quantitative estimate of drug-likeness (QED) is 0.485. The van der Waals surface area contributed by atoms with Crippen molar-refractivity contribution in [1.82, 2.24) is 15.5 Å². The molecule has 0 bridgehead atoms. The van der Waals surface area contributed by atoms with Crippen molar-refractivity contribution in [3.05, 3.63) is 0 Å². The number of amides is 2. The van der Waals surface area contributed by atoms with Gasteiger partial charge < -0.3 is 21.3 Å². The second-order valence-corrected chi connectivity index (χ2v) is 3.71. The molecule has 0 fully saturated rings. The van der Waals surface area contributed by atoms with Crippen molar-refractivity contribution in [3.8, 4) is 0 Å². The predicted molar refractivity (Wildman–Crippen MR) is 58.2 cm³/mol. The summed E-state index contributed by atoms with van der Waals surface area (Å²) in [5.74, 6) is -0.531. The highest BCUT2D eigenvalue weighted by Crippen LogP contribution is 1.84. The zero-order valence-corrected chi connectivity index (χ0v) is 9.54. The molecular formula is C9H20N4O2. The van der Waals surface area contributed by atoms with Gasteiger partial charge in [0.15, 0.2) is 0 Å². The zero-order valence-electron chi connectivity index (χ0n) is 9.54. The maximum absolute atomic E-state index is 11.3. The third kappa shape index (κ3) is 7.90. The van der Waals surface area contributed by atoms with E-state index in [2.05, 4.69) is 10.6 Å². The molecule has 15 heavy (non-hydrogen) atoms. The minimum atomic E-state index is -0.328. The average Bonchev–Trinajstić information content (AvgIpc) is 2.12. The fourth-order valence-electron chi connectivity index (χ4n) is 1.17. The van der Waals surface area contributed by atoms with Crippen LogP contribution in [-0.4, -0.2) is 56.5 Å². The predicted octanol–water partition coefficient (Wildman–Crippen LogP) is -1.87. The van der Waals surface area contributed by atoms with E-state index < -0.39 is 0 Å². The van der Waals surface area contributed by atoms with Crippen molar-refractivity contribution >= 4 is 11.8 Å². The summed E-state index contributed by atoms with van der Waals surface area (Å²) in [5.41, 5.74) is 5.07. The van der Waals surface area contributed by atoms with Crippen molar-refractivity contribution in [2.24, 2.45) is 5.73 Å². The summed E-state index contributed by atoms with van der Waals surface area (Å²) in [6.45, 7) is 2.55. The van der Waals surface area contributed by atoms with Gasteiger partial charge in [0.05, 0.1) is 13.1 Å². The van der Waals surface area contributed by atoms with Gasteiger partial charge in [0, 0.05) is 12.6 Å². The fraction of sp³-hybridized carbons (Fsp3) is 0.778. The van der Waals surface area contributed by atoms with E-state index in [1.165, 1.54) is 0 Å². The molecule has 4 N–H and O–H groups in total. The van der Waals surface area contributed by atoms with Crippen molar-refractivity contribution in [2.45, 2.75) is 13.0 Å². The first-order valence-corrected chi connectivity index (χ1v) is 4.86. The monoisotopic (exact) mass is 216 g/mol. The van der Waals surface area contributed by atoms with Crippen LogP contribution >= 0.6 is 0 Å². The topological polar surface area (TPSA) is 87.5 Å². The number of likely N-dealkylation sites (N-methyl/N-ethyl adjacent to an activating group) is 1. The summed E-state index contributed by atoms with van der Waals surface area (Å²) in [6.07, 6.45) is 0. The van der Waals surface area contributed by atoms with E-state index in [1.54, 1.807) is 0 Å². The third-order valence-electron chi connectivity index (χ3n) is 1.68. The molecule has 88 valence electrons. The number of nitrogens with zero attached hydrogens (tertiary/aromatic N) is 1. The number of hydrogen-bond donors (Lipinski definition) is 3. The Bertz CT molecular complexity index is 218. The molecule has 1 atom stereocenters. The van der Waals surface area contributed by atoms with E-state index in [0.717, 1.165) is 6.54 Å². The average molecular weight is 216 g/mol. The summed E-state index contributed by atoms with van der Waals surface area (Å²) in [5, 5.41) is 5.16. The van der Waals surface area contributed by atoms with Gasteiger partial charge in [-0.15, -0.1) is 0 Å². The molecule has 0 saturated heterocycles. The smallest absolute Gasteiger partial charge is 0.239 e. The lowest BCUT2D eigenvalue weighted by molar-refractivity contribution is -0.125. The summed E-state index contributed by atoms with van der Waals surface area (Å²) >= 11 is 0. The Hall–Kier alpha value is -1.14. The normalized spacial score (nSPS) is 12.3. The van der Waals surface area contributed by atoms with Crippen molar-refractivity contribution in [1.29, 1.82) is 0 Å². The van der Waals surface area contributed by atoms with Crippen molar-refractivity contribution in [3.63, 3.8) is 0 Å². The van der Waals surface area contributed by atoms with E-state index >= 15 is 0 Å². The molecule has 6 nitrogen and oxygen atoms in total. The van der Waals surface area contributed by atoms with Crippen LogP contribution in [-0.2, 0) is 9.59 Å². The second-order valence-electron chi connectivity index (χ2n) is 3.71. The second kappa shape index (κ2) is 7.19. The first-order valence-electron chi connectivity index (χ1n) is 4.86. The van der Waals surface area contributed by atoms with Gasteiger partial charge in [-0.1, -0.05) is 0 Å². The van der Waals surface area contributed by atoms with E-state index in [-0.39, 0.29) is 30.9 Å². The number of nitrogens with two attached hydrogens (primary N) is 1. The minimum absolute atomic E-state index is 0.0200. The molecule has 1 unspecified atom stereocenters. The Balaban J connectivity index is 3.69. The summed E-state index contributed by atoms with van der Waals surface area (Å²) < 4.78 is 0. The lowest BCUT2D eigenvalue weighted by Crippen LogP contribution is -2.45. The molecule has 0 aliphatic carbocycles. The van der Waals surface area contributed by atoms with E-state index in [1.807, 2.05) is 25.9 Å². The Kier molecular flexibility index (Phi) is 6.64. The Labute approximate surface area is 90.2 Å². The van der Waals surface area contributed by atoms with Crippen LogP contribution in [0.4, 0.5) is 0 Å². The van der Waals surface area contributed by atoms with Gasteiger partial charge in [-0.2, -0.15) is 0 Å². The Morgan fingerprint density at radius 2 is 1.93 bits per heavy atom. The van der Waals surface area contributed by atoms with Crippen LogP contribution in [0.1, 0.15) is 6.92 Å². The maximum atomic E-state index is 11.3. The number of carbonyl (C=O) groups is 2. The molecule has 0 aromatic heterocycles. The minimum Gasteiger partial charge on any atom is -0.351 e. The fourth-order valence-corrected chi connectivity index (χ4v) is 1.17. The van der Waals surface area contributed by atoms with Crippen LogP contribution in [0.15, 0.2) is 0 Å². The highest BCUT2D eigenvalue weighted by Gasteiger charge is 2.08. The van der Waals surface area contributed by atoms with Crippen LogP contribution in [0.25, 0.3) is 0 Å². The zero-order chi connectivity index (χ0) is 11.8. The standard InChI is InChI=1S/C9H20N4O2/c1-7(6-13(2)3)12-9(15)5-11-8(14)4-10/h7H,4-6,10H2,1-3H3,(H,11,14)(H,12,15). The molecule has 0 rings (SSSR count). The van der Waals surface area contributed by atoms with Gasteiger partial charge in [0.25, 0.3) is 0 Å². The van der Waals surface area contributed by atoms with E-state index in [9.17, 15) is 9.59 Å². The number of hydrogen-bond acceptors (Lipinski definition) is 4. The summed E-state index contributed by atoms with van der Waals surface area (Å²) in [4.78, 5) is 24.0. The van der Waals surface area contributed by atoms with Crippen LogP contribution in [0.5, 0.6) is 0 Å². The lowest BCUT2D eigenvalue weighted by atomic mass is 10.3. The first kappa shape index (κ1) is 13.9. The van der Waals surface area contributed by atoms with E-state index in [0.29, 0.717) is 0 Å². The largest absolute Gasteiger partial charge is 0.351 e. The maximum Gasteiger partial charge on any atom is 0.239 e. The van der Waals surface area contributed by atoms with E-state index in [4.69, 9.17) is 5.73 Å². The molecule has 0 saturated carbocycles. The summed E-state index contributed by atoms with van der Waals surface area (Å²) in [6, 6.07) is 0.0577. The van der Waals surface area contributed by atoms with Gasteiger partial charge in [0.2, 0.25) is 11.8 Å². The lowest BCUT2D eigenvalue weighted by Gasteiger charge is -2.18. The van der Waals surface area contributed by atoms with Gasteiger partial charge in [0.1, 0.15) is 0 Å². The molecule has 0 radical (unpaired) electrons. The molecular weight excluding hydrogens is 196 g/mol. The van der Waals surface area contributed by atoms with Gasteiger partial charge in [-0.3, -0.25) is 9.59 Å². The molecule has 0 aliphatic heterocycles. The van der Waals surface area contributed by atoms with Crippen molar-refractivity contribution < 1.29 is 9.59 Å². The first-order chi connectivity index (χ1) is 6.95. The Morgan fingerprint density at radius 3 is 2.40 bits per heavy atom. The number of carbonyl (C=O) groups excluding carboxylic acids is 2. The van der Waals surface area contributed by atoms with Crippen LogP contribution in [0, 0.1) is 0 Å². The Morgan fingerprint density at radius 1 is 1.33 bits per heavy atom. The van der Waals surface area contributed by atoms with Crippen LogP contribution in [0.3, 0.4) is 0 Å². The highest BCUT2D eigenvalue weighted by atomic mass is 16.2. The van der Waals surface area contributed by atoms with Gasteiger partial charge in [-0.25, -0.2) is 0 Å². The molecule has 0 aromatic carbocycles. The summed E-state index contributed by atoms with van der Waals surface area (Å²) in [7, 11) is 3.86. The molecule has 0 spiro atoms. The molecule has 0 aliphatic rings. The van der Waals surface area contributed by atoms with Gasteiger partial charge >= 0.3 is 0 Å². The molecule has 2 amide bonds. The third-order valence-corrected chi connectivity index (χ3v) is 1.68. The van der Waals surface area contributed by atoms with Gasteiger partial charge in [-0.05, 0) is 21.0 Å². The van der Waals surface area contributed by atoms with Crippen molar-refractivity contribution in [2.75, 3.05) is 33.7 Å². The number of nitrogens with one attached hydrogen (secondary N) is 2. The highest BCUT2D eigenvalue weighted by molar-refractivity contribution is 5.85. The van der Waals surface area contributed by atoms with Crippen LogP contribution < -0.4 is 16.4 Å². The molecule has 6 heteroatoms. The van der Waals surface area contributed by atoms with Crippen LogP contribution in [0.2, 0.25) is 0 Å². The SMILES string of the molecule is CC(CN(C)C)NC(=O)CNC(=O)CN. The molecule has 0 aromatic rings.